The number of rotatable bonds is 8. The zero-order chi connectivity index (χ0) is 23.2. The average Bonchev–Trinajstić information content (AvgIpc) is 3.51. The van der Waals surface area contributed by atoms with Crippen LogP contribution in [0, 0.1) is 13.8 Å². The van der Waals surface area contributed by atoms with Crippen molar-refractivity contribution in [3.8, 4) is 5.69 Å². The van der Waals surface area contributed by atoms with Gasteiger partial charge in [0.1, 0.15) is 5.76 Å². The first-order chi connectivity index (χ1) is 16.0. The SMILES string of the molecule is Cc1cccc(C)c1NC(=O)CSc1nccn1-c1cccc(C(=O)NCc2ccco2)c1. The third-order valence-electron chi connectivity index (χ3n) is 5.07. The molecular formula is C25H24N4O3S. The second-order valence-electron chi connectivity index (χ2n) is 7.50. The molecule has 2 aromatic carbocycles. The molecule has 0 atom stereocenters. The van der Waals surface area contributed by atoms with Crippen molar-refractivity contribution in [1.29, 1.82) is 0 Å². The standard InChI is InChI=1S/C25H24N4O3S/c1-17-6-3-7-18(2)23(17)28-22(30)16-33-25-26-11-12-29(25)20-9-4-8-19(14-20)24(31)27-15-21-10-5-13-32-21/h3-14H,15-16H2,1-2H3,(H,27,31)(H,28,30). The molecule has 2 heterocycles. The van der Waals surface area contributed by atoms with Crippen molar-refractivity contribution in [2.24, 2.45) is 0 Å². The Labute approximate surface area is 196 Å². The molecule has 4 rings (SSSR count). The highest BCUT2D eigenvalue weighted by molar-refractivity contribution is 7.99. The zero-order valence-electron chi connectivity index (χ0n) is 18.4. The Kier molecular flexibility index (Phi) is 6.95. The summed E-state index contributed by atoms with van der Waals surface area (Å²) in [5.74, 6) is 0.606. The van der Waals surface area contributed by atoms with E-state index >= 15 is 0 Å². The van der Waals surface area contributed by atoms with Crippen LogP contribution in [0.25, 0.3) is 5.69 Å². The smallest absolute Gasteiger partial charge is 0.251 e. The van der Waals surface area contributed by atoms with Gasteiger partial charge >= 0.3 is 0 Å². The monoisotopic (exact) mass is 460 g/mol. The fourth-order valence-electron chi connectivity index (χ4n) is 3.39. The molecule has 0 aliphatic rings. The molecule has 0 aliphatic heterocycles. The van der Waals surface area contributed by atoms with Gasteiger partial charge in [-0.3, -0.25) is 14.2 Å². The zero-order valence-corrected chi connectivity index (χ0v) is 19.2. The number of amides is 2. The van der Waals surface area contributed by atoms with Crippen LogP contribution in [0.5, 0.6) is 0 Å². The van der Waals surface area contributed by atoms with E-state index in [1.807, 2.05) is 61.0 Å². The summed E-state index contributed by atoms with van der Waals surface area (Å²) in [6.45, 7) is 4.26. The summed E-state index contributed by atoms with van der Waals surface area (Å²) in [4.78, 5) is 29.5. The number of nitrogens with zero attached hydrogens (tertiary/aromatic N) is 2. The summed E-state index contributed by atoms with van der Waals surface area (Å²) in [6, 6.07) is 16.8. The average molecular weight is 461 g/mol. The number of para-hydroxylation sites is 1. The molecule has 2 N–H and O–H groups in total. The number of aryl methyl sites for hydroxylation is 2. The number of thioether (sulfide) groups is 1. The molecule has 0 saturated carbocycles. The van der Waals surface area contributed by atoms with Gasteiger partial charge < -0.3 is 15.1 Å². The summed E-state index contributed by atoms with van der Waals surface area (Å²) in [5, 5.41) is 6.50. The van der Waals surface area contributed by atoms with Crippen LogP contribution in [0.2, 0.25) is 0 Å². The maximum absolute atomic E-state index is 12.6. The largest absolute Gasteiger partial charge is 0.467 e. The number of carbonyl (C=O) groups excluding carboxylic acids is 2. The molecule has 0 bridgehead atoms. The van der Waals surface area contributed by atoms with E-state index < -0.39 is 0 Å². The quantitative estimate of drug-likeness (QED) is 0.371. The van der Waals surface area contributed by atoms with E-state index in [0.29, 0.717) is 23.0 Å². The number of hydrogen-bond acceptors (Lipinski definition) is 5. The van der Waals surface area contributed by atoms with Crippen molar-refractivity contribution in [3.63, 3.8) is 0 Å². The lowest BCUT2D eigenvalue weighted by atomic mass is 10.1. The summed E-state index contributed by atoms with van der Waals surface area (Å²) in [6.07, 6.45) is 5.06. The fourth-order valence-corrected chi connectivity index (χ4v) is 4.16. The lowest BCUT2D eigenvalue weighted by molar-refractivity contribution is -0.113. The normalized spacial score (nSPS) is 10.7. The van der Waals surface area contributed by atoms with E-state index in [9.17, 15) is 9.59 Å². The predicted octanol–water partition coefficient (Wildman–Crippen LogP) is 4.74. The van der Waals surface area contributed by atoms with E-state index in [0.717, 1.165) is 22.5 Å². The molecule has 2 amide bonds. The fraction of sp³-hybridized carbons (Fsp3) is 0.160. The first kappa shape index (κ1) is 22.4. The molecule has 168 valence electrons. The third kappa shape index (κ3) is 5.53. The van der Waals surface area contributed by atoms with Crippen LogP contribution in [0.3, 0.4) is 0 Å². The molecule has 0 saturated heterocycles. The van der Waals surface area contributed by atoms with Gasteiger partial charge in [0.05, 0.1) is 18.6 Å². The number of furan rings is 1. The number of nitrogens with one attached hydrogen (secondary N) is 2. The van der Waals surface area contributed by atoms with E-state index in [4.69, 9.17) is 4.42 Å². The maximum atomic E-state index is 12.6. The number of hydrogen-bond donors (Lipinski definition) is 2. The highest BCUT2D eigenvalue weighted by Crippen LogP contribution is 2.23. The van der Waals surface area contributed by atoms with Gasteiger partial charge in [0.15, 0.2) is 5.16 Å². The summed E-state index contributed by atoms with van der Waals surface area (Å²) >= 11 is 1.34. The van der Waals surface area contributed by atoms with E-state index in [1.165, 1.54) is 11.8 Å². The summed E-state index contributed by atoms with van der Waals surface area (Å²) in [7, 11) is 0. The number of imidazole rings is 1. The van der Waals surface area contributed by atoms with Gasteiger partial charge in [-0.1, -0.05) is 36.0 Å². The number of carbonyl (C=O) groups is 2. The second-order valence-corrected chi connectivity index (χ2v) is 8.44. The Hall–Kier alpha value is -3.78. The van der Waals surface area contributed by atoms with E-state index in [1.54, 1.807) is 30.7 Å². The van der Waals surface area contributed by atoms with Gasteiger partial charge in [0.2, 0.25) is 5.91 Å². The van der Waals surface area contributed by atoms with Crippen LogP contribution in [-0.4, -0.2) is 27.1 Å². The van der Waals surface area contributed by atoms with Crippen molar-refractivity contribution in [2.75, 3.05) is 11.1 Å². The van der Waals surface area contributed by atoms with Crippen molar-refractivity contribution in [2.45, 2.75) is 25.5 Å². The maximum Gasteiger partial charge on any atom is 0.251 e. The first-order valence-electron chi connectivity index (χ1n) is 10.4. The molecule has 7 nitrogen and oxygen atoms in total. The van der Waals surface area contributed by atoms with Crippen molar-refractivity contribution >= 4 is 29.3 Å². The van der Waals surface area contributed by atoms with Crippen LogP contribution in [0.4, 0.5) is 5.69 Å². The molecule has 8 heteroatoms. The Balaban J connectivity index is 1.41. The van der Waals surface area contributed by atoms with Gasteiger partial charge in [-0.15, -0.1) is 0 Å². The lowest BCUT2D eigenvalue weighted by Gasteiger charge is -2.12. The Morgan fingerprint density at radius 2 is 1.85 bits per heavy atom. The Morgan fingerprint density at radius 3 is 2.61 bits per heavy atom. The summed E-state index contributed by atoms with van der Waals surface area (Å²) in [5.41, 5.74) is 4.21. The highest BCUT2D eigenvalue weighted by Gasteiger charge is 2.13. The minimum atomic E-state index is -0.199. The minimum absolute atomic E-state index is 0.0991. The number of aromatic nitrogens is 2. The van der Waals surface area contributed by atoms with Crippen molar-refractivity contribution < 1.29 is 14.0 Å². The van der Waals surface area contributed by atoms with Crippen LogP contribution in [0.15, 0.2) is 82.8 Å². The highest BCUT2D eigenvalue weighted by atomic mass is 32.2. The second kappa shape index (κ2) is 10.2. The molecule has 0 unspecified atom stereocenters. The van der Waals surface area contributed by atoms with Gasteiger partial charge in [0.25, 0.3) is 5.91 Å². The number of benzene rings is 2. The lowest BCUT2D eigenvalue weighted by Crippen LogP contribution is -2.22. The minimum Gasteiger partial charge on any atom is -0.467 e. The molecular weight excluding hydrogens is 436 g/mol. The molecule has 0 fully saturated rings. The van der Waals surface area contributed by atoms with Gasteiger partial charge in [-0.05, 0) is 55.3 Å². The number of anilines is 1. The van der Waals surface area contributed by atoms with Crippen LogP contribution >= 0.6 is 11.8 Å². The Morgan fingerprint density at radius 1 is 1.06 bits per heavy atom. The molecule has 2 aromatic heterocycles. The van der Waals surface area contributed by atoms with Crippen LogP contribution in [-0.2, 0) is 11.3 Å². The predicted molar refractivity (Wildman–Crippen MR) is 129 cm³/mol. The molecule has 4 aromatic rings. The van der Waals surface area contributed by atoms with Crippen molar-refractivity contribution in [1.82, 2.24) is 14.9 Å². The van der Waals surface area contributed by atoms with E-state index in [-0.39, 0.29) is 17.6 Å². The van der Waals surface area contributed by atoms with Gasteiger partial charge in [0, 0.05) is 29.3 Å². The molecule has 0 spiro atoms. The first-order valence-corrected chi connectivity index (χ1v) is 11.4. The molecule has 33 heavy (non-hydrogen) atoms. The molecule has 0 aliphatic carbocycles. The van der Waals surface area contributed by atoms with E-state index in [2.05, 4.69) is 15.6 Å². The molecule has 0 radical (unpaired) electrons. The topological polar surface area (TPSA) is 89.2 Å². The third-order valence-corrected chi connectivity index (χ3v) is 6.04. The Bertz CT molecular complexity index is 1240. The van der Waals surface area contributed by atoms with Crippen molar-refractivity contribution in [3.05, 3.63) is 95.7 Å². The van der Waals surface area contributed by atoms with Crippen LogP contribution < -0.4 is 10.6 Å². The van der Waals surface area contributed by atoms with Gasteiger partial charge in [-0.25, -0.2) is 4.98 Å². The van der Waals surface area contributed by atoms with Gasteiger partial charge in [-0.2, -0.15) is 0 Å². The van der Waals surface area contributed by atoms with Crippen LogP contribution in [0.1, 0.15) is 27.2 Å². The summed E-state index contributed by atoms with van der Waals surface area (Å²) < 4.78 is 7.11.